The van der Waals surface area contributed by atoms with E-state index in [0.717, 1.165) is 17.7 Å². The lowest BCUT2D eigenvalue weighted by Gasteiger charge is -2.40. The van der Waals surface area contributed by atoms with E-state index in [2.05, 4.69) is 5.10 Å². The molecule has 0 bridgehead atoms. The Hall–Kier alpha value is -3.55. The van der Waals surface area contributed by atoms with E-state index in [1.54, 1.807) is 33.8 Å². The average molecular weight is 467 g/mol. The summed E-state index contributed by atoms with van der Waals surface area (Å²) >= 11 is 0. The third-order valence-electron chi connectivity index (χ3n) is 6.58. The van der Waals surface area contributed by atoms with Crippen LogP contribution in [0.2, 0.25) is 0 Å². The Bertz CT molecular complexity index is 1160. The number of piperidine rings is 1. The number of aryl methyl sites for hydroxylation is 1. The summed E-state index contributed by atoms with van der Waals surface area (Å²) < 4.78 is 28.5. The van der Waals surface area contributed by atoms with Crippen molar-refractivity contribution >= 4 is 11.8 Å². The van der Waals surface area contributed by atoms with E-state index in [-0.39, 0.29) is 29.3 Å². The SMILES string of the molecule is CN(C(=O)c1ccn(C)n1)[C@@H](Cc1ccccc1)C1CCN(C(=O)c2ccc(F)c(F)c2)CC1. The van der Waals surface area contributed by atoms with Crippen LogP contribution in [0.25, 0.3) is 0 Å². The number of amides is 2. The fourth-order valence-corrected chi connectivity index (χ4v) is 4.63. The highest BCUT2D eigenvalue weighted by molar-refractivity contribution is 5.94. The van der Waals surface area contributed by atoms with Crippen LogP contribution in [0.15, 0.2) is 60.8 Å². The van der Waals surface area contributed by atoms with Crippen LogP contribution in [-0.4, -0.2) is 57.6 Å². The molecular weight excluding hydrogens is 438 g/mol. The van der Waals surface area contributed by atoms with Crippen LogP contribution in [0, 0.1) is 17.6 Å². The van der Waals surface area contributed by atoms with Gasteiger partial charge in [-0.25, -0.2) is 8.78 Å². The zero-order valence-electron chi connectivity index (χ0n) is 19.3. The lowest BCUT2D eigenvalue weighted by atomic mass is 9.84. The first-order valence-electron chi connectivity index (χ1n) is 11.4. The Morgan fingerprint density at radius 3 is 2.38 bits per heavy atom. The van der Waals surface area contributed by atoms with E-state index in [4.69, 9.17) is 0 Å². The van der Waals surface area contributed by atoms with Gasteiger partial charge in [-0.1, -0.05) is 30.3 Å². The van der Waals surface area contributed by atoms with E-state index >= 15 is 0 Å². The first kappa shape index (κ1) is 23.6. The quantitative estimate of drug-likeness (QED) is 0.553. The van der Waals surface area contributed by atoms with Crippen molar-refractivity contribution in [3.05, 3.63) is 89.2 Å². The Morgan fingerprint density at radius 2 is 1.76 bits per heavy atom. The van der Waals surface area contributed by atoms with Gasteiger partial charge in [-0.2, -0.15) is 5.10 Å². The molecule has 2 aromatic carbocycles. The molecule has 4 rings (SSSR count). The van der Waals surface area contributed by atoms with E-state index in [0.29, 0.717) is 38.0 Å². The zero-order valence-corrected chi connectivity index (χ0v) is 19.3. The maximum atomic E-state index is 13.6. The summed E-state index contributed by atoms with van der Waals surface area (Å²) in [6.45, 7) is 0.971. The second kappa shape index (κ2) is 10.2. The highest BCUT2D eigenvalue weighted by Gasteiger charge is 2.34. The highest BCUT2D eigenvalue weighted by atomic mass is 19.2. The normalized spacial score (nSPS) is 15.2. The van der Waals surface area contributed by atoms with Gasteiger partial charge in [-0.3, -0.25) is 14.3 Å². The maximum Gasteiger partial charge on any atom is 0.274 e. The molecule has 2 amide bonds. The number of benzene rings is 2. The summed E-state index contributed by atoms with van der Waals surface area (Å²) in [5.74, 6) is -2.28. The number of hydrogen-bond donors (Lipinski definition) is 0. The lowest BCUT2D eigenvalue weighted by molar-refractivity contribution is 0.0518. The van der Waals surface area contributed by atoms with Crippen molar-refractivity contribution in [2.24, 2.45) is 13.0 Å². The number of likely N-dealkylation sites (tertiary alicyclic amines) is 1. The fourth-order valence-electron chi connectivity index (χ4n) is 4.63. The van der Waals surface area contributed by atoms with E-state index in [1.165, 1.54) is 6.07 Å². The number of carbonyl (C=O) groups excluding carboxylic acids is 2. The lowest BCUT2D eigenvalue weighted by Crippen LogP contribution is -2.48. The molecule has 8 heteroatoms. The van der Waals surface area contributed by atoms with Crippen LogP contribution < -0.4 is 0 Å². The topological polar surface area (TPSA) is 58.4 Å². The summed E-state index contributed by atoms with van der Waals surface area (Å²) in [5, 5.41) is 4.26. The van der Waals surface area contributed by atoms with Gasteiger partial charge in [0, 0.05) is 45.0 Å². The Balaban J connectivity index is 1.49. The molecule has 0 N–H and O–H groups in total. The minimum absolute atomic E-state index is 0.0718. The van der Waals surface area contributed by atoms with Crippen LogP contribution >= 0.6 is 0 Å². The van der Waals surface area contributed by atoms with Gasteiger partial charge in [-0.15, -0.1) is 0 Å². The standard InChI is InChI=1S/C26H28F2N4O2/c1-30-13-12-23(29-30)26(34)31(2)24(16-18-6-4-3-5-7-18)19-10-14-32(15-11-19)25(33)20-8-9-21(27)22(28)17-20/h3-9,12-13,17,19,24H,10-11,14-16H2,1-2H3/t24-/m0/s1. The predicted octanol–water partition coefficient (Wildman–Crippen LogP) is 3.93. The van der Waals surface area contributed by atoms with E-state index < -0.39 is 11.6 Å². The maximum absolute atomic E-state index is 13.6. The number of rotatable bonds is 6. The summed E-state index contributed by atoms with van der Waals surface area (Å²) in [6, 6.07) is 14.9. The van der Waals surface area contributed by atoms with Crippen molar-refractivity contribution in [3.8, 4) is 0 Å². The van der Waals surface area contributed by atoms with E-state index in [1.807, 2.05) is 37.4 Å². The molecule has 0 aliphatic carbocycles. The molecule has 0 saturated carbocycles. The summed E-state index contributed by atoms with van der Waals surface area (Å²) in [6.07, 6.45) is 3.84. The molecule has 0 unspecified atom stereocenters. The Kier molecular flexibility index (Phi) is 7.05. The molecule has 2 heterocycles. The molecule has 1 fully saturated rings. The van der Waals surface area contributed by atoms with Crippen LogP contribution in [0.3, 0.4) is 0 Å². The average Bonchev–Trinajstić information content (AvgIpc) is 3.30. The van der Waals surface area contributed by atoms with Crippen LogP contribution in [-0.2, 0) is 13.5 Å². The van der Waals surface area contributed by atoms with Crippen molar-refractivity contribution in [2.45, 2.75) is 25.3 Å². The third-order valence-corrected chi connectivity index (χ3v) is 6.58. The Morgan fingerprint density at radius 1 is 1.06 bits per heavy atom. The van der Waals surface area contributed by atoms with Crippen LogP contribution in [0.5, 0.6) is 0 Å². The van der Waals surface area contributed by atoms with E-state index in [9.17, 15) is 18.4 Å². The zero-order chi connectivity index (χ0) is 24.2. The highest BCUT2D eigenvalue weighted by Crippen LogP contribution is 2.28. The molecule has 0 radical (unpaired) electrons. The van der Waals surface area contributed by atoms with Crippen molar-refractivity contribution in [3.63, 3.8) is 0 Å². The minimum Gasteiger partial charge on any atom is -0.339 e. The largest absolute Gasteiger partial charge is 0.339 e. The molecule has 1 saturated heterocycles. The van der Waals surface area contributed by atoms with Gasteiger partial charge in [0.05, 0.1) is 0 Å². The second-order valence-electron chi connectivity index (χ2n) is 8.81. The number of aromatic nitrogens is 2. The first-order valence-corrected chi connectivity index (χ1v) is 11.4. The number of carbonyl (C=O) groups is 2. The smallest absolute Gasteiger partial charge is 0.274 e. The van der Waals surface area contributed by atoms with Gasteiger partial charge in [-0.05, 0) is 55.0 Å². The Labute approximate surface area is 197 Å². The van der Waals surface area contributed by atoms with Gasteiger partial charge in [0.1, 0.15) is 5.69 Å². The summed E-state index contributed by atoms with van der Waals surface area (Å²) in [5.41, 5.74) is 1.67. The predicted molar refractivity (Wildman–Crippen MR) is 124 cm³/mol. The van der Waals surface area contributed by atoms with Crippen LogP contribution in [0.4, 0.5) is 8.78 Å². The van der Waals surface area contributed by atoms with Gasteiger partial charge in [0.15, 0.2) is 11.6 Å². The number of nitrogens with zero attached hydrogens (tertiary/aromatic N) is 4. The molecule has 3 aromatic rings. The summed E-state index contributed by atoms with van der Waals surface area (Å²) in [4.78, 5) is 29.4. The van der Waals surface area contributed by atoms with Gasteiger partial charge >= 0.3 is 0 Å². The minimum atomic E-state index is -1.03. The van der Waals surface area contributed by atoms with Crippen molar-refractivity contribution < 1.29 is 18.4 Å². The van der Waals surface area contributed by atoms with Crippen molar-refractivity contribution in [1.29, 1.82) is 0 Å². The van der Waals surface area contributed by atoms with Crippen LogP contribution in [0.1, 0.15) is 39.3 Å². The molecular formula is C26H28F2N4O2. The molecule has 6 nitrogen and oxygen atoms in total. The third kappa shape index (κ3) is 5.16. The molecule has 1 aliphatic heterocycles. The van der Waals surface area contributed by atoms with Crippen molar-refractivity contribution in [2.75, 3.05) is 20.1 Å². The van der Waals surface area contributed by atoms with Gasteiger partial charge < -0.3 is 9.80 Å². The number of hydrogen-bond acceptors (Lipinski definition) is 3. The summed E-state index contributed by atoms with van der Waals surface area (Å²) in [7, 11) is 3.58. The second-order valence-corrected chi connectivity index (χ2v) is 8.81. The molecule has 0 spiro atoms. The number of halogens is 2. The number of likely N-dealkylation sites (N-methyl/N-ethyl adjacent to an activating group) is 1. The molecule has 1 atom stereocenters. The molecule has 1 aromatic heterocycles. The van der Waals surface area contributed by atoms with Gasteiger partial charge in [0.2, 0.25) is 0 Å². The fraction of sp³-hybridized carbons (Fsp3) is 0.346. The molecule has 178 valence electrons. The first-order chi connectivity index (χ1) is 16.3. The molecule has 34 heavy (non-hydrogen) atoms. The monoisotopic (exact) mass is 466 g/mol. The van der Waals surface area contributed by atoms with Crippen molar-refractivity contribution in [1.82, 2.24) is 19.6 Å². The van der Waals surface area contributed by atoms with Gasteiger partial charge in [0.25, 0.3) is 11.8 Å². The molecule has 1 aliphatic rings.